The molecule has 0 radical (unpaired) electrons. The van der Waals surface area contributed by atoms with Gasteiger partial charge in [-0.3, -0.25) is 4.79 Å². The van der Waals surface area contributed by atoms with Crippen molar-refractivity contribution < 1.29 is 14.3 Å². The molecule has 0 aliphatic carbocycles. The third-order valence-electron chi connectivity index (χ3n) is 9.67. The van der Waals surface area contributed by atoms with E-state index in [1.165, 1.54) is 6.42 Å². The maximum Gasteiger partial charge on any atom is 0.318 e. The van der Waals surface area contributed by atoms with Crippen molar-refractivity contribution in [1.29, 1.82) is 0 Å². The van der Waals surface area contributed by atoms with Crippen LogP contribution in [0.15, 0.2) is 60.9 Å². The Labute approximate surface area is 275 Å². The summed E-state index contributed by atoms with van der Waals surface area (Å²) < 4.78 is 5.37. The monoisotopic (exact) mass is 636 g/mol. The van der Waals surface area contributed by atoms with Crippen molar-refractivity contribution >= 4 is 11.9 Å². The number of amides is 3. The number of nitrogens with one attached hydrogen (secondary N) is 4. The van der Waals surface area contributed by atoms with Gasteiger partial charge in [0.05, 0.1) is 49.1 Å². The van der Waals surface area contributed by atoms with E-state index in [4.69, 9.17) is 9.72 Å². The van der Waals surface area contributed by atoms with Crippen molar-refractivity contribution in [3.05, 3.63) is 72.6 Å². The minimum Gasteiger partial charge on any atom is -0.378 e. The van der Waals surface area contributed by atoms with E-state index in [2.05, 4.69) is 74.1 Å². The highest BCUT2D eigenvalue weighted by molar-refractivity contribution is 5.88. The number of carbonyl (C=O) groups is 2. The number of benzene rings is 2. The molecule has 0 unspecified atom stereocenters. The van der Waals surface area contributed by atoms with Crippen molar-refractivity contribution in [1.82, 2.24) is 40.4 Å². The van der Waals surface area contributed by atoms with Crippen LogP contribution in [-0.2, 0) is 9.53 Å². The second-order valence-electron chi connectivity index (χ2n) is 13.1. The van der Waals surface area contributed by atoms with Gasteiger partial charge in [0, 0.05) is 19.6 Å². The molecule has 11 heteroatoms. The second-order valence-corrected chi connectivity index (χ2v) is 13.1. The first-order valence-corrected chi connectivity index (χ1v) is 16.9. The van der Waals surface area contributed by atoms with E-state index in [9.17, 15) is 9.59 Å². The van der Waals surface area contributed by atoms with E-state index < -0.39 is 6.04 Å². The number of aromatic nitrogens is 4. The van der Waals surface area contributed by atoms with Crippen molar-refractivity contribution in [3.8, 4) is 33.6 Å². The smallest absolute Gasteiger partial charge is 0.318 e. The first-order chi connectivity index (χ1) is 22.9. The number of hydrogen-bond acceptors (Lipinski definition) is 6. The number of urea groups is 1. The van der Waals surface area contributed by atoms with Gasteiger partial charge in [0.2, 0.25) is 5.91 Å². The molecular weight excluding hydrogens is 592 g/mol. The molecule has 2 aromatic heterocycles. The highest BCUT2D eigenvalue weighted by Gasteiger charge is 2.38. The van der Waals surface area contributed by atoms with Crippen LogP contribution in [0.1, 0.15) is 63.3 Å². The third kappa shape index (κ3) is 6.68. The molecule has 3 amide bonds. The number of imidazole rings is 2. The Balaban J connectivity index is 1.00. The van der Waals surface area contributed by atoms with Gasteiger partial charge in [0.15, 0.2) is 0 Å². The molecule has 4 aromatic rings. The normalized spacial score (nSPS) is 20.6. The number of rotatable bonds is 8. The highest BCUT2D eigenvalue weighted by atomic mass is 16.5. The predicted octanol–water partition coefficient (Wildman–Crippen LogP) is 5.29. The molecule has 0 bridgehead atoms. The van der Waals surface area contributed by atoms with Crippen LogP contribution >= 0.6 is 0 Å². The quantitative estimate of drug-likeness (QED) is 0.208. The molecule has 0 spiro atoms. The molecule has 11 nitrogen and oxygen atoms in total. The van der Waals surface area contributed by atoms with Crippen LogP contribution in [0.5, 0.6) is 0 Å². The van der Waals surface area contributed by atoms with Crippen molar-refractivity contribution in [2.45, 2.75) is 57.7 Å². The molecule has 3 aliphatic heterocycles. The highest BCUT2D eigenvalue weighted by Crippen LogP contribution is 2.33. The Kier molecular flexibility index (Phi) is 9.08. The lowest BCUT2D eigenvalue weighted by atomic mass is 10.0. The molecule has 3 fully saturated rings. The summed E-state index contributed by atoms with van der Waals surface area (Å²) in [5.41, 5.74) is 6.36. The summed E-state index contributed by atoms with van der Waals surface area (Å²) >= 11 is 0. The van der Waals surface area contributed by atoms with Crippen molar-refractivity contribution in [3.63, 3.8) is 0 Å². The van der Waals surface area contributed by atoms with Crippen LogP contribution in [-0.4, -0.2) is 87.1 Å². The molecule has 0 saturated carbocycles. The number of ether oxygens (including phenoxy) is 1. The summed E-state index contributed by atoms with van der Waals surface area (Å²) in [5, 5.41) is 6.51. The van der Waals surface area contributed by atoms with Crippen molar-refractivity contribution in [2.24, 2.45) is 5.92 Å². The van der Waals surface area contributed by atoms with Gasteiger partial charge in [-0.1, -0.05) is 62.4 Å². The van der Waals surface area contributed by atoms with E-state index in [0.29, 0.717) is 38.9 Å². The zero-order valence-corrected chi connectivity index (χ0v) is 27.2. The molecule has 3 aliphatic rings. The maximum atomic E-state index is 13.8. The lowest BCUT2D eigenvalue weighted by molar-refractivity contribution is -0.135. The van der Waals surface area contributed by atoms with Gasteiger partial charge in [-0.25, -0.2) is 14.8 Å². The van der Waals surface area contributed by atoms with Crippen LogP contribution < -0.4 is 10.6 Å². The molecule has 2 aromatic carbocycles. The number of carbonyl (C=O) groups excluding carboxylic acids is 2. The van der Waals surface area contributed by atoms with Gasteiger partial charge < -0.3 is 35.1 Å². The predicted molar refractivity (Wildman–Crippen MR) is 180 cm³/mol. The van der Waals surface area contributed by atoms with Gasteiger partial charge in [-0.2, -0.15) is 0 Å². The lowest BCUT2D eigenvalue weighted by Gasteiger charge is -2.33. The van der Waals surface area contributed by atoms with E-state index in [0.717, 1.165) is 71.1 Å². The van der Waals surface area contributed by atoms with E-state index in [-0.39, 0.29) is 23.9 Å². The van der Waals surface area contributed by atoms with Gasteiger partial charge in [0.1, 0.15) is 17.7 Å². The topological polar surface area (TPSA) is 131 Å². The average Bonchev–Trinajstić information content (AvgIpc) is 3.94. The van der Waals surface area contributed by atoms with Gasteiger partial charge in [0.25, 0.3) is 0 Å². The van der Waals surface area contributed by atoms with E-state index in [1.807, 2.05) is 31.1 Å². The molecular formula is C36H44N8O3. The van der Waals surface area contributed by atoms with Crippen LogP contribution in [0.4, 0.5) is 4.79 Å². The Hall–Kier alpha value is -4.48. The largest absolute Gasteiger partial charge is 0.378 e. The SMILES string of the molecule is CC(C)[C@H](NC(=O)N1CCOCC1)C(=O)N1CCC[C@H]1c1ncc(-c2ccc(-c3ccc(-c4cnc([C@@H]5CCCN5)[nH]4)cc3)cc2)[nH]1. The summed E-state index contributed by atoms with van der Waals surface area (Å²) in [6.45, 7) is 7.74. The first kappa shape index (κ1) is 31.1. The number of morpholine rings is 1. The fraction of sp³-hybridized carbons (Fsp3) is 0.444. The summed E-state index contributed by atoms with van der Waals surface area (Å²) in [6.07, 6.45) is 7.80. The summed E-state index contributed by atoms with van der Waals surface area (Å²) in [4.78, 5) is 46.7. The standard InChI is InChI=1S/C36H44N8O3/c1-23(2)32(42-36(46)43-17-19-47-20-18-43)35(45)44-16-4-6-31(44)34-39-22-30(41-34)27-13-9-25(10-14-27)24-7-11-26(12-8-24)29-21-38-33(40-29)28-5-3-15-37-28/h7-14,21-23,28,31-32,37H,3-6,15-20H2,1-2H3,(H,38,40)(H,39,41)(H,42,46)/t28-,31-,32-/m0/s1. The summed E-state index contributed by atoms with van der Waals surface area (Å²) in [6, 6.07) is 16.4. The summed E-state index contributed by atoms with van der Waals surface area (Å²) in [7, 11) is 0. The molecule has 3 saturated heterocycles. The Morgan fingerprint density at radius 3 is 2.00 bits per heavy atom. The molecule has 5 heterocycles. The number of nitrogens with zero attached hydrogens (tertiary/aromatic N) is 4. The van der Waals surface area contributed by atoms with Crippen LogP contribution in [0.2, 0.25) is 0 Å². The van der Waals surface area contributed by atoms with E-state index >= 15 is 0 Å². The Bertz CT molecular complexity index is 1670. The number of likely N-dealkylation sites (tertiary alicyclic amines) is 1. The zero-order chi connectivity index (χ0) is 32.3. The van der Waals surface area contributed by atoms with E-state index in [1.54, 1.807) is 4.90 Å². The average molecular weight is 637 g/mol. The lowest BCUT2D eigenvalue weighted by Crippen LogP contribution is -2.55. The number of H-pyrrole nitrogens is 2. The molecule has 47 heavy (non-hydrogen) atoms. The number of hydrogen-bond donors (Lipinski definition) is 4. The fourth-order valence-corrected chi connectivity index (χ4v) is 6.91. The zero-order valence-electron chi connectivity index (χ0n) is 27.2. The van der Waals surface area contributed by atoms with Crippen LogP contribution in [0.25, 0.3) is 33.6 Å². The minimum atomic E-state index is -0.604. The summed E-state index contributed by atoms with van der Waals surface area (Å²) in [5.74, 6) is 1.68. The molecule has 7 rings (SSSR count). The Morgan fingerprint density at radius 2 is 1.40 bits per heavy atom. The molecule has 4 N–H and O–H groups in total. The first-order valence-electron chi connectivity index (χ1n) is 16.9. The van der Waals surface area contributed by atoms with Gasteiger partial charge in [-0.15, -0.1) is 0 Å². The molecule has 246 valence electrons. The van der Waals surface area contributed by atoms with Crippen molar-refractivity contribution in [2.75, 3.05) is 39.4 Å². The Morgan fingerprint density at radius 1 is 0.809 bits per heavy atom. The second kappa shape index (κ2) is 13.7. The van der Waals surface area contributed by atoms with Crippen LogP contribution in [0.3, 0.4) is 0 Å². The molecule has 3 atom stereocenters. The van der Waals surface area contributed by atoms with Crippen LogP contribution in [0, 0.1) is 5.92 Å². The third-order valence-corrected chi connectivity index (χ3v) is 9.67. The number of aromatic amines is 2. The van der Waals surface area contributed by atoms with Gasteiger partial charge in [-0.05, 0) is 60.4 Å². The maximum absolute atomic E-state index is 13.8. The minimum absolute atomic E-state index is 0.0481. The fourth-order valence-electron chi connectivity index (χ4n) is 6.91. The van der Waals surface area contributed by atoms with Gasteiger partial charge >= 0.3 is 6.03 Å².